The molecule has 8 heteroatoms. The maximum absolute atomic E-state index is 11.7. The Labute approximate surface area is 177 Å². The Morgan fingerprint density at radius 2 is 1.80 bits per heavy atom. The molecule has 0 saturated heterocycles. The van der Waals surface area contributed by atoms with Crippen molar-refractivity contribution >= 4 is 17.6 Å². The quantitative estimate of drug-likeness (QED) is 0.327. The lowest BCUT2D eigenvalue weighted by Crippen LogP contribution is -2.46. The van der Waals surface area contributed by atoms with Gasteiger partial charge < -0.3 is 26.8 Å². The van der Waals surface area contributed by atoms with Gasteiger partial charge in [0.2, 0.25) is 11.8 Å². The lowest BCUT2D eigenvalue weighted by molar-refractivity contribution is -0.128. The smallest absolute Gasteiger partial charge is 0.242 e. The number of benzene rings is 2. The predicted octanol–water partition coefficient (Wildman–Crippen LogP) is 1.31. The van der Waals surface area contributed by atoms with Gasteiger partial charge in [-0.25, -0.2) is 0 Å². The lowest BCUT2D eigenvalue weighted by Gasteiger charge is -2.13. The molecule has 0 bridgehead atoms. The summed E-state index contributed by atoms with van der Waals surface area (Å²) >= 11 is 0. The summed E-state index contributed by atoms with van der Waals surface area (Å²) < 4.78 is 5.06. The maximum atomic E-state index is 11.7. The number of hydrogen-bond donors (Lipinski definition) is 5. The van der Waals surface area contributed by atoms with E-state index in [2.05, 4.69) is 29.7 Å². The number of aryl methyl sites for hydroxylation is 1. The zero-order chi connectivity index (χ0) is 22.5. The molecule has 2 rings (SSSR count). The summed E-state index contributed by atoms with van der Waals surface area (Å²) in [6.07, 6.45) is 1.07. The van der Waals surface area contributed by atoms with Crippen molar-refractivity contribution in [2.45, 2.75) is 32.9 Å². The number of rotatable bonds is 8. The summed E-state index contributed by atoms with van der Waals surface area (Å²) in [7, 11) is 1.69. The Kier molecular flexibility index (Phi) is 10.6. The van der Waals surface area contributed by atoms with Gasteiger partial charge in [0.15, 0.2) is 0 Å². The van der Waals surface area contributed by atoms with Gasteiger partial charge in [-0.15, -0.1) is 0 Å². The summed E-state index contributed by atoms with van der Waals surface area (Å²) in [5, 5.41) is 12.4. The monoisotopic (exact) mass is 413 g/mol. The number of nitrogens with two attached hydrogens (primary N) is 2. The highest BCUT2D eigenvalue weighted by molar-refractivity contribution is 5.94. The summed E-state index contributed by atoms with van der Waals surface area (Å²) in [6.45, 7) is 3.90. The van der Waals surface area contributed by atoms with Crippen molar-refractivity contribution in [3.63, 3.8) is 0 Å². The summed E-state index contributed by atoms with van der Waals surface area (Å²) in [5.74, 6) is 0.277. The van der Waals surface area contributed by atoms with Gasteiger partial charge in [0.25, 0.3) is 0 Å². The molecule has 0 aliphatic heterocycles. The zero-order valence-corrected chi connectivity index (χ0v) is 17.7. The molecular formula is C22H31N5O3. The molecule has 0 saturated carbocycles. The van der Waals surface area contributed by atoms with Crippen molar-refractivity contribution in [2.24, 2.45) is 11.5 Å². The lowest BCUT2D eigenvalue weighted by atomic mass is 10.1. The van der Waals surface area contributed by atoms with Gasteiger partial charge in [0, 0.05) is 12.1 Å². The third-order valence-corrected chi connectivity index (χ3v) is 4.23. The fourth-order valence-corrected chi connectivity index (χ4v) is 2.40. The topological polar surface area (TPSA) is 143 Å². The van der Waals surface area contributed by atoms with E-state index in [1.807, 2.05) is 12.1 Å². The summed E-state index contributed by atoms with van der Waals surface area (Å²) in [4.78, 5) is 22.8. The SMILES string of the molecule is CC(NC(=O)CN)C(=O)NCc1ccc(C(=N)N)cc1.CCc1cccc(OC)c1. The van der Waals surface area contributed by atoms with Crippen LogP contribution in [0.2, 0.25) is 0 Å². The van der Waals surface area contributed by atoms with E-state index < -0.39 is 6.04 Å². The predicted molar refractivity (Wildman–Crippen MR) is 118 cm³/mol. The van der Waals surface area contributed by atoms with Crippen molar-refractivity contribution in [1.82, 2.24) is 10.6 Å². The van der Waals surface area contributed by atoms with E-state index in [0.29, 0.717) is 12.1 Å². The number of nitrogens with one attached hydrogen (secondary N) is 3. The fourth-order valence-electron chi connectivity index (χ4n) is 2.40. The van der Waals surface area contributed by atoms with Crippen molar-refractivity contribution in [1.29, 1.82) is 5.41 Å². The van der Waals surface area contributed by atoms with Crippen molar-refractivity contribution < 1.29 is 14.3 Å². The first kappa shape index (κ1) is 24.6. The fraction of sp³-hybridized carbons (Fsp3) is 0.318. The summed E-state index contributed by atoms with van der Waals surface area (Å²) in [6, 6.07) is 14.5. The molecule has 2 aromatic carbocycles. The van der Waals surface area contributed by atoms with Crippen LogP contribution < -0.4 is 26.8 Å². The van der Waals surface area contributed by atoms with Crippen LogP contribution >= 0.6 is 0 Å². The third-order valence-electron chi connectivity index (χ3n) is 4.23. The number of amides is 2. The Bertz CT molecular complexity index is 818. The second-order valence-electron chi connectivity index (χ2n) is 6.53. The number of hydrogen-bond acceptors (Lipinski definition) is 5. The third kappa shape index (κ3) is 8.74. The van der Waals surface area contributed by atoms with Gasteiger partial charge in [-0.2, -0.15) is 0 Å². The molecule has 2 aromatic rings. The highest BCUT2D eigenvalue weighted by Crippen LogP contribution is 2.12. The molecule has 2 amide bonds. The molecule has 0 fully saturated rings. The maximum Gasteiger partial charge on any atom is 0.242 e. The highest BCUT2D eigenvalue weighted by Gasteiger charge is 2.14. The van der Waals surface area contributed by atoms with Gasteiger partial charge in [0.05, 0.1) is 13.7 Å². The first-order chi connectivity index (χ1) is 14.3. The Balaban J connectivity index is 0.000000375. The minimum absolute atomic E-state index is 0.00120. The standard InChI is InChI=1S/C13H19N5O2.C9H12O/c1-8(18-11(19)6-14)13(20)17-7-9-2-4-10(5-3-9)12(15)16;1-3-8-5-4-6-9(7-8)10-2/h2-5,8H,6-7,14H2,1H3,(H3,15,16)(H,17,20)(H,18,19);4-7H,3H2,1-2H3. The largest absolute Gasteiger partial charge is 0.497 e. The van der Waals surface area contributed by atoms with Gasteiger partial charge in [-0.05, 0) is 36.6 Å². The molecule has 0 spiro atoms. The number of ether oxygens (including phenoxy) is 1. The van der Waals surface area contributed by atoms with E-state index in [4.69, 9.17) is 21.6 Å². The second kappa shape index (κ2) is 12.9. The Morgan fingerprint density at radius 1 is 1.13 bits per heavy atom. The Hall–Kier alpha value is -3.39. The van der Waals surface area contributed by atoms with Crippen LogP contribution in [0.25, 0.3) is 0 Å². The highest BCUT2D eigenvalue weighted by atomic mass is 16.5. The van der Waals surface area contributed by atoms with Crippen molar-refractivity contribution in [3.8, 4) is 5.75 Å². The van der Waals surface area contributed by atoms with Gasteiger partial charge in [-0.1, -0.05) is 43.3 Å². The van der Waals surface area contributed by atoms with E-state index in [9.17, 15) is 9.59 Å². The first-order valence-electron chi connectivity index (χ1n) is 9.64. The molecule has 7 N–H and O–H groups in total. The van der Waals surface area contributed by atoms with Crippen molar-refractivity contribution in [2.75, 3.05) is 13.7 Å². The molecule has 30 heavy (non-hydrogen) atoms. The van der Waals surface area contributed by atoms with Crippen LogP contribution in [0, 0.1) is 5.41 Å². The van der Waals surface area contributed by atoms with Crippen LogP contribution in [0.15, 0.2) is 48.5 Å². The van der Waals surface area contributed by atoms with E-state index in [1.165, 1.54) is 5.56 Å². The zero-order valence-electron chi connectivity index (χ0n) is 17.7. The molecule has 0 aliphatic rings. The molecule has 0 radical (unpaired) electrons. The summed E-state index contributed by atoms with van der Waals surface area (Å²) in [5.41, 5.74) is 13.3. The average Bonchev–Trinajstić information content (AvgIpc) is 2.77. The molecular weight excluding hydrogens is 382 g/mol. The number of amidine groups is 1. The molecule has 0 aliphatic carbocycles. The van der Waals surface area contributed by atoms with E-state index in [0.717, 1.165) is 17.7 Å². The van der Waals surface area contributed by atoms with Gasteiger partial charge in [0.1, 0.15) is 17.6 Å². The average molecular weight is 414 g/mol. The molecule has 0 aromatic heterocycles. The number of carbonyl (C=O) groups excluding carboxylic acids is 2. The van der Waals surface area contributed by atoms with E-state index >= 15 is 0 Å². The number of methoxy groups -OCH3 is 1. The van der Waals surface area contributed by atoms with Crippen LogP contribution in [0.1, 0.15) is 30.5 Å². The molecule has 8 nitrogen and oxygen atoms in total. The molecule has 1 atom stereocenters. The van der Waals surface area contributed by atoms with Crippen LogP contribution in [0.4, 0.5) is 0 Å². The van der Waals surface area contributed by atoms with E-state index in [-0.39, 0.29) is 24.2 Å². The van der Waals surface area contributed by atoms with Crippen molar-refractivity contribution in [3.05, 3.63) is 65.2 Å². The molecule has 1 unspecified atom stereocenters. The normalized spacial score (nSPS) is 10.8. The minimum Gasteiger partial charge on any atom is -0.497 e. The van der Waals surface area contributed by atoms with Gasteiger partial charge >= 0.3 is 0 Å². The van der Waals surface area contributed by atoms with Gasteiger partial charge in [-0.3, -0.25) is 15.0 Å². The first-order valence-corrected chi connectivity index (χ1v) is 9.64. The molecule has 162 valence electrons. The second-order valence-corrected chi connectivity index (χ2v) is 6.53. The van der Waals surface area contributed by atoms with Crippen LogP contribution in [0.5, 0.6) is 5.75 Å². The van der Waals surface area contributed by atoms with E-state index in [1.54, 1.807) is 38.3 Å². The number of nitrogen functional groups attached to an aromatic ring is 1. The molecule has 0 heterocycles. The van der Waals surface area contributed by atoms with Crippen LogP contribution in [-0.4, -0.2) is 37.3 Å². The van der Waals surface area contributed by atoms with Crippen LogP contribution in [0.3, 0.4) is 0 Å². The Morgan fingerprint density at radius 3 is 2.33 bits per heavy atom. The van der Waals surface area contributed by atoms with Crippen LogP contribution in [-0.2, 0) is 22.6 Å². The minimum atomic E-state index is -0.637. The number of carbonyl (C=O) groups is 2.